The first-order chi connectivity index (χ1) is 13.8. The Balaban J connectivity index is 1.74. The predicted molar refractivity (Wildman–Crippen MR) is 117 cm³/mol. The molecule has 0 unspecified atom stereocenters. The van der Waals surface area contributed by atoms with Crippen LogP contribution in [0.3, 0.4) is 0 Å². The molecule has 0 N–H and O–H groups in total. The minimum atomic E-state index is -0.613. The van der Waals surface area contributed by atoms with Crippen molar-refractivity contribution in [1.29, 1.82) is 0 Å². The Labute approximate surface area is 174 Å². The van der Waals surface area contributed by atoms with E-state index in [0.717, 1.165) is 35.0 Å². The van der Waals surface area contributed by atoms with Crippen LogP contribution in [0.1, 0.15) is 24.0 Å². The van der Waals surface area contributed by atoms with Crippen LogP contribution in [0.15, 0.2) is 91.0 Å². The largest absolute Gasteiger partial charge is 0.303 e. The highest BCUT2D eigenvalue weighted by Gasteiger charge is 2.82. The zero-order chi connectivity index (χ0) is 19.2. The van der Waals surface area contributed by atoms with Gasteiger partial charge in [0.15, 0.2) is 0 Å². The zero-order valence-electron chi connectivity index (χ0n) is 15.6. The Morgan fingerprint density at radius 3 is 1.82 bits per heavy atom. The Kier molecular flexibility index (Phi) is 4.17. The molecule has 1 amide bonds. The number of anilines is 1. The van der Waals surface area contributed by atoms with Gasteiger partial charge >= 0.3 is 0 Å². The molecule has 2 fully saturated rings. The fraction of sp³-hybridized carbons (Fsp3) is 0.240. The normalized spacial score (nSPS) is 24.8. The van der Waals surface area contributed by atoms with Gasteiger partial charge in [-0.15, -0.1) is 0 Å². The van der Waals surface area contributed by atoms with Crippen molar-refractivity contribution in [3.05, 3.63) is 102 Å². The molecule has 2 aliphatic rings. The van der Waals surface area contributed by atoms with Gasteiger partial charge in [0, 0.05) is 11.0 Å². The van der Waals surface area contributed by atoms with Crippen molar-refractivity contribution < 1.29 is 4.79 Å². The minimum Gasteiger partial charge on any atom is -0.303 e. The van der Waals surface area contributed by atoms with Gasteiger partial charge in [-0.2, -0.15) is 0 Å². The van der Waals surface area contributed by atoms with Crippen LogP contribution >= 0.6 is 15.9 Å². The number of carbonyl (C=O) groups is 1. The van der Waals surface area contributed by atoms with E-state index in [1.165, 1.54) is 0 Å². The highest BCUT2D eigenvalue weighted by atomic mass is 79.9. The second-order valence-electron chi connectivity index (χ2n) is 7.76. The van der Waals surface area contributed by atoms with Crippen LogP contribution in [0.4, 0.5) is 5.69 Å². The fourth-order valence-electron chi connectivity index (χ4n) is 5.39. The average Bonchev–Trinajstić information content (AvgIpc) is 3.47. The zero-order valence-corrected chi connectivity index (χ0v) is 17.2. The summed E-state index contributed by atoms with van der Waals surface area (Å²) in [5, 5.41) is 0.954. The molecule has 2 atom stereocenters. The predicted octanol–water partition coefficient (Wildman–Crippen LogP) is 5.56. The summed E-state index contributed by atoms with van der Waals surface area (Å²) in [4.78, 5) is 16.1. The Hall–Kier alpha value is -2.39. The van der Waals surface area contributed by atoms with Crippen molar-refractivity contribution in [3.8, 4) is 0 Å². The molecule has 28 heavy (non-hydrogen) atoms. The van der Waals surface area contributed by atoms with E-state index in [9.17, 15) is 4.79 Å². The van der Waals surface area contributed by atoms with Gasteiger partial charge in [0.1, 0.15) is 5.41 Å². The summed E-state index contributed by atoms with van der Waals surface area (Å²) in [6.07, 6.45) is 2.10. The van der Waals surface area contributed by atoms with Crippen molar-refractivity contribution in [2.24, 2.45) is 5.92 Å². The van der Waals surface area contributed by atoms with Gasteiger partial charge in [0.2, 0.25) is 5.91 Å². The van der Waals surface area contributed by atoms with Crippen LogP contribution in [0.5, 0.6) is 0 Å². The first-order valence-electron chi connectivity index (χ1n) is 9.83. The molecule has 140 valence electrons. The number of benzene rings is 3. The Morgan fingerprint density at radius 1 is 0.821 bits per heavy atom. The summed E-state index contributed by atoms with van der Waals surface area (Å²) >= 11 is 3.63. The number of rotatable bonds is 5. The maximum atomic E-state index is 14.0. The molecule has 0 bridgehead atoms. The maximum Gasteiger partial charge on any atom is 0.245 e. The summed E-state index contributed by atoms with van der Waals surface area (Å²) in [6, 6.07) is 30.9. The van der Waals surface area contributed by atoms with Gasteiger partial charge in [0.25, 0.3) is 0 Å². The van der Waals surface area contributed by atoms with Crippen molar-refractivity contribution in [2.45, 2.75) is 23.8 Å². The molecular formula is C25H22BrNO. The minimum absolute atomic E-state index is 0.188. The molecule has 0 radical (unpaired) electrons. The molecule has 1 aliphatic carbocycles. The number of hydrogen-bond acceptors (Lipinski definition) is 1. The fourth-order valence-corrected chi connectivity index (χ4v) is 5.94. The summed E-state index contributed by atoms with van der Waals surface area (Å²) in [7, 11) is 0. The van der Waals surface area contributed by atoms with E-state index < -0.39 is 5.41 Å². The lowest BCUT2D eigenvalue weighted by Crippen LogP contribution is -2.75. The first-order valence-corrected chi connectivity index (χ1v) is 11.0. The number of amides is 1. The lowest BCUT2D eigenvalue weighted by molar-refractivity contribution is -0.132. The molecule has 2 nitrogen and oxygen atoms in total. The number of carbonyl (C=O) groups excluding carboxylic acids is 1. The van der Waals surface area contributed by atoms with Crippen molar-refractivity contribution in [2.75, 3.05) is 10.2 Å². The molecule has 1 saturated heterocycles. The molecule has 1 aliphatic heterocycles. The van der Waals surface area contributed by atoms with Crippen molar-refractivity contribution in [1.82, 2.24) is 0 Å². The van der Waals surface area contributed by atoms with Gasteiger partial charge in [-0.05, 0) is 42.0 Å². The van der Waals surface area contributed by atoms with Crippen LogP contribution in [-0.4, -0.2) is 16.8 Å². The summed E-state index contributed by atoms with van der Waals surface area (Å²) < 4.78 is 0. The number of para-hydroxylation sites is 1. The van der Waals surface area contributed by atoms with Gasteiger partial charge in [0.05, 0.1) is 5.54 Å². The van der Waals surface area contributed by atoms with E-state index in [4.69, 9.17) is 0 Å². The topological polar surface area (TPSA) is 20.3 Å². The highest BCUT2D eigenvalue weighted by Crippen LogP contribution is 2.71. The van der Waals surface area contributed by atoms with Gasteiger partial charge in [-0.25, -0.2) is 0 Å². The Bertz CT molecular complexity index is 949. The number of hydrogen-bond donors (Lipinski definition) is 0. The van der Waals surface area contributed by atoms with Crippen molar-refractivity contribution >= 4 is 27.5 Å². The van der Waals surface area contributed by atoms with Gasteiger partial charge in [-0.1, -0.05) is 94.8 Å². The molecule has 5 rings (SSSR count). The molecular weight excluding hydrogens is 410 g/mol. The average molecular weight is 432 g/mol. The number of β-lactam (4-membered cyclic amide) rings is 1. The van der Waals surface area contributed by atoms with Crippen LogP contribution in [0.25, 0.3) is 0 Å². The van der Waals surface area contributed by atoms with E-state index in [0.29, 0.717) is 5.92 Å². The third-order valence-corrected chi connectivity index (χ3v) is 6.99. The quantitative estimate of drug-likeness (QED) is 0.382. The maximum absolute atomic E-state index is 14.0. The molecule has 1 saturated carbocycles. The number of halogens is 1. The van der Waals surface area contributed by atoms with Crippen molar-refractivity contribution in [3.63, 3.8) is 0 Å². The lowest BCUT2D eigenvalue weighted by atomic mass is 9.58. The second kappa shape index (κ2) is 6.59. The van der Waals surface area contributed by atoms with Crippen LogP contribution in [0, 0.1) is 5.92 Å². The van der Waals surface area contributed by atoms with Crippen LogP contribution in [0.2, 0.25) is 0 Å². The molecule has 1 spiro atoms. The van der Waals surface area contributed by atoms with E-state index in [-0.39, 0.29) is 11.4 Å². The Morgan fingerprint density at radius 2 is 1.32 bits per heavy atom. The second-order valence-corrected chi connectivity index (χ2v) is 8.55. The van der Waals surface area contributed by atoms with Crippen LogP contribution in [-0.2, 0) is 10.2 Å². The van der Waals surface area contributed by atoms with E-state index in [1.54, 1.807) is 0 Å². The van der Waals surface area contributed by atoms with Gasteiger partial charge < -0.3 is 4.90 Å². The third-order valence-electron chi connectivity index (χ3n) is 6.53. The van der Waals surface area contributed by atoms with E-state index in [1.807, 2.05) is 54.6 Å². The molecule has 1 heterocycles. The highest BCUT2D eigenvalue weighted by molar-refractivity contribution is 9.09. The summed E-state index contributed by atoms with van der Waals surface area (Å²) in [5.41, 5.74) is 2.41. The molecule has 3 heteroatoms. The third kappa shape index (κ3) is 2.17. The molecule has 3 aromatic rings. The summed E-state index contributed by atoms with van der Waals surface area (Å²) in [5.74, 6) is 0.665. The SMILES string of the molecule is O=C1N(c2ccccc2)[C@]2(C[C@H]2CCBr)C1(c1ccccc1)c1ccccc1. The van der Waals surface area contributed by atoms with E-state index in [2.05, 4.69) is 57.2 Å². The van der Waals surface area contributed by atoms with Gasteiger partial charge in [-0.3, -0.25) is 4.79 Å². The number of nitrogens with zero attached hydrogens (tertiary/aromatic N) is 1. The monoisotopic (exact) mass is 431 g/mol. The summed E-state index contributed by atoms with van der Waals surface area (Å²) in [6.45, 7) is 0. The first kappa shape index (κ1) is 17.7. The lowest BCUT2D eigenvalue weighted by Gasteiger charge is -2.59. The molecule has 0 aromatic heterocycles. The molecule has 3 aromatic carbocycles. The number of alkyl halides is 1. The standard InChI is InChI=1S/C25H22BrNO/c26-17-16-21-18-24(21)25(19-10-4-1-5-11-19,20-12-6-2-7-13-20)23(28)27(24)22-14-8-3-9-15-22/h1-15,21H,16-18H2/t21-,24+/m1/s1. The van der Waals surface area contributed by atoms with E-state index >= 15 is 0 Å². The van der Waals surface area contributed by atoms with Crippen LogP contribution < -0.4 is 4.90 Å². The smallest absolute Gasteiger partial charge is 0.245 e.